The third kappa shape index (κ3) is 4.79. The first kappa shape index (κ1) is 14.1. The normalized spacial score (nSPS) is 10.6. The van der Waals surface area contributed by atoms with Gasteiger partial charge in [0, 0.05) is 18.0 Å². The number of thiol groups is 1. The number of ketones is 1. The zero-order valence-corrected chi connectivity index (χ0v) is 11.2. The fourth-order valence-electron chi connectivity index (χ4n) is 1.39. The quantitative estimate of drug-likeness (QED) is 0.446. The van der Waals surface area contributed by atoms with Gasteiger partial charge in [-0.2, -0.15) is 0 Å². The monoisotopic (exact) mass is 253 g/mol. The van der Waals surface area contributed by atoms with Gasteiger partial charge in [-0.25, -0.2) is 0 Å². The van der Waals surface area contributed by atoms with Crippen LogP contribution in [-0.4, -0.2) is 18.9 Å². The Morgan fingerprint density at radius 2 is 2.00 bits per heavy atom. The summed E-state index contributed by atoms with van der Waals surface area (Å²) in [5.41, 5.74) is 0.740. The second kappa shape index (κ2) is 7.35. The number of nitrogens with one attached hydrogen (secondary N) is 1. The number of benzene rings is 1. The van der Waals surface area contributed by atoms with Crippen molar-refractivity contribution in [2.45, 2.75) is 20.3 Å². The van der Waals surface area contributed by atoms with Crippen LogP contribution < -0.4 is 9.46 Å². The molecule has 0 radical (unpaired) electrons. The molecule has 0 aromatic heterocycles. The van der Waals surface area contributed by atoms with Crippen LogP contribution in [0.3, 0.4) is 0 Å². The summed E-state index contributed by atoms with van der Waals surface area (Å²) in [5, 5.41) is 0. The third-order valence-corrected chi connectivity index (χ3v) is 2.59. The van der Waals surface area contributed by atoms with Crippen LogP contribution in [0, 0.1) is 5.92 Å². The molecule has 0 bridgehead atoms. The Hall–Kier alpha value is -1.00. The van der Waals surface area contributed by atoms with E-state index in [0.717, 1.165) is 24.3 Å². The molecular formula is C13H19NO2S. The van der Waals surface area contributed by atoms with E-state index >= 15 is 0 Å². The van der Waals surface area contributed by atoms with Crippen molar-refractivity contribution in [3.63, 3.8) is 0 Å². The molecule has 94 valence electrons. The summed E-state index contributed by atoms with van der Waals surface area (Å²) in [6.45, 7) is 5.26. The molecular weight excluding hydrogens is 234 g/mol. The molecule has 0 spiro atoms. The maximum atomic E-state index is 11.7. The van der Waals surface area contributed by atoms with E-state index in [2.05, 4.69) is 17.5 Å². The molecule has 1 aromatic carbocycles. The largest absolute Gasteiger partial charge is 0.494 e. The van der Waals surface area contributed by atoms with Gasteiger partial charge in [0.15, 0.2) is 5.78 Å². The van der Waals surface area contributed by atoms with Crippen LogP contribution >= 0.6 is 12.8 Å². The summed E-state index contributed by atoms with van der Waals surface area (Å²) in [6.07, 6.45) is 0.899. The number of hydrogen-bond donors (Lipinski definition) is 2. The molecule has 0 aliphatic rings. The summed E-state index contributed by atoms with van der Waals surface area (Å²) >= 11 is 3.89. The van der Waals surface area contributed by atoms with Crippen molar-refractivity contribution in [2.24, 2.45) is 5.92 Å². The second-order valence-corrected chi connectivity index (χ2v) is 4.47. The number of carbonyl (C=O) groups is 1. The third-order valence-electron chi connectivity index (χ3n) is 2.36. The molecule has 4 heteroatoms. The molecule has 0 aliphatic carbocycles. The van der Waals surface area contributed by atoms with E-state index in [0.29, 0.717) is 6.61 Å². The standard InChI is InChI=1S/C13H19NO2S/c1-10(2)13(15)11-4-6-12(7-5-11)16-9-3-8-14-17/h4-7,10,14,17H,3,8-9H2,1-2H3. The zero-order valence-electron chi connectivity index (χ0n) is 10.3. The Balaban J connectivity index is 2.47. The molecule has 0 amide bonds. The summed E-state index contributed by atoms with van der Waals surface area (Å²) in [5.74, 6) is 0.989. The number of ether oxygens (including phenoxy) is 1. The predicted octanol–water partition coefficient (Wildman–Crippen LogP) is 2.73. The van der Waals surface area contributed by atoms with Crippen molar-refractivity contribution in [3.8, 4) is 5.75 Å². The summed E-state index contributed by atoms with van der Waals surface area (Å²) < 4.78 is 8.28. The van der Waals surface area contributed by atoms with Crippen LogP contribution in [0.2, 0.25) is 0 Å². The highest BCUT2D eigenvalue weighted by Gasteiger charge is 2.09. The predicted molar refractivity (Wildman–Crippen MR) is 72.7 cm³/mol. The van der Waals surface area contributed by atoms with Gasteiger partial charge in [-0.3, -0.25) is 9.52 Å². The lowest BCUT2D eigenvalue weighted by molar-refractivity contribution is 0.0939. The number of hydrogen-bond acceptors (Lipinski definition) is 4. The minimum atomic E-state index is 0.0308. The molecule has 1 aromatic rings. The minimum Gasteiger partial charge on any atom is -0.494 e. The van der Waals surface area contributed by atoms with Gasteiger partial charge in [0.05, 0.1) is 6.61 Å². The first-order chi connectivity index (χ1) is 8.15. The molecule has 0 saturated heterocycles. The van der Waals surface area contributed by atoms with Gasteiger partial charge in [0.1, 0.15) is 5.75 Å². The van der Waals surface area contributed by atoms with E-state index in [4.69, 9.17) is 4.74 Å². The van der Waals surface area contributed by atoms with E-state index in [1.54, 1.807) is 0 Å². The van der Waals surface area contributed by atoms with Crippen LogP contribution in [0.5, 0.6) is 5.75 Å². The lowest BCUT2D eigenvalue weighted by atomic mass is 10.0. The fourth-order valence-corrected chi connectivity index (χ4v) is 1.55. The fraction of sp³-hybridized carbons (Fsp3) is 0.462. The first-order valence-corrected chi connectivity index (χ1v) is 6.24. The smallest absolute Gasteiger partial charge is 0.165 e. The SMILES string of the molecule is CC(C)C(=O)c1ccc(OCCCNS)cc1. The van der Waals surface area contributed by atoms with E-state index in [-0.39, 0.29) is 11.7 Å². The molecule has 0 saturated carbocycles. The Kier molecular flexibility index (Phi) is 6.08. The van der Waals surface area contributed by atoms with Gasteiger partial charge < -0.3 is 4.74 Å². The van der Waals surface area contributed by atoms with Crippen LogP contribution in [0.4, 0.5) is 0 Å². The first-order valence-electron chi connectivity index (χ1n) is 5.79. The number of carbonyl (C=O) groups excluding carboxylic acids is 1. The molecule has 1 rings (SSSR count). The topological polar surface area (TPSA) is 38.3 Å². The number of rotatable bonds is 7. The summed E-state index contributed by atoms with van der Waals surface area (Å²) in [4.78, 5) is 11.7. The van der Waals surface area contributed by atoms with Crippen LogP contribution in [0.15, 0.2) is 24.3 Å². The summed E-state index contributed by atoms with van der Waals surface area (Å²) in [6, 6.07) is 7.30. The van der Waals surface area contributed by atoms with Crippen molar-refractivity contribution in [2.75, 3.05) is 13.2 Å². The van der Waals surface area contributed by atoms with E-state index in [1.807, 2.05) is 38.1 Å². The highest BCUT2D eigenvalue weighted by atomic mass is 32.1. The van der Waals surface area contributed by atoms with Gasteiger partial charge in [0.2, 0.25) is 0 Å². The van der Waals surface area contributed by atoms with Crippen molar-refractivity contribution >= 4 is 18.6 Å². The average Bonchev–Trinajstić information content (AvgIpc) is 2.34. The van der Waals surface area contributed by atoms with E-state index in [1.165, 1.54) is 0 Å². The molecule has 0 aliphatic heterocycles. The van der Waals surface area contributed by atoms with Crippen LogP contribution in [0.25, 0.3) is 0 Å². The maximum absolute atomic E-state index is 11.7. The van der Waals surface area contributed by atoms with E-state index in [9.17, 15) is 4.79 Å². The molecule has 1 N–H and O–H groups in total. The van der Waals surface area contributed by atoms with Gasteiger partial charge in [-0.15, -0.1) is 0 Å². The Bertz CT molecular complexity index is 349. The van der Waals surface area contributed by atoms with Gasteiger partial charge in [-0.1, -0.05) is 26.7 Å². The molecule has 0 unspecified atom stereocenters. The van der Waals surface area contributed by atoms with Gasteiger partial charge in [-0.05, 0) is 30.7 Å². The highest BCUT2D eigenvalue weighted by molar-refractivity contribution is 7.78. The van der Waals surface area contributed by atoms with Crippen molar-refractivity contribution in [1.29, 1.82) is 0 Å². The molecule has 3 nitrogen and oxygen atoms in total. The molecule has 0 heterocycles. The van der Waals surface area contributed by atoms with Crippen LogP contribution in [0.1, 0.15) is 30.6 Å². The highest BCUT2D eigenvalue weighted by Crippen LogP contribution is 2.15. The summed E-state index contributed by atoms with van der Waals surface area (Å²) in [7, 11) is 0. The van der Waals surface area contributed by atoms with Crippen molar-refractivity contribution < 1.29 is 9.53 Å². The Morgan fingerprint density at radius 3 is 2.53 bits per heavy atom. The Labute approximate surface area is 108 Å². The van der Waals surface area contributed by atoms with E-state index < -0.39 is 0 Å². The lowest BCUT2D eigenvalue weighted by Crippen LogP contribution is -2.08. The lowest BCUT2D eigenvalue weighted by Gasteiger charge is -2.07. The Morgan fingerprint density at radius 1 is 1.35 bits per heavy atom. The second-order valence-electron chi connectivity index (χ2n) is 4.15. The molecule has 17 heavy (non-hydrogen) atoms. The molecule has 0 atom stereocenters. The number of Topliss-reactive ketones (excluding diaryl/α,β-unsaturated/α-hetero) is 1. The van der Waals surface area contributed by atoms with Gasteiger partial charge >= 0.3 is 0 Å². The van der Waals surface area contributed by atoms with Crippen molar-refractivity contribution in [1.82, 2.24) is 4.72 Å². The zero-order chi connectivity index (χ0) is 12.7. The maximum Gasteiger partial charge on any atom is 0.165 e. The van der Waals surface area contributed by atoms with Gasteiger partial charge in [0.25, 0.3) is 0 Å². The van der Waals surface area contributed by atoms with Crippen LogP contribution in [-0.2, 0) is 0 Å². The molecule has 0 fully saturated rings. The van der Waals surface area contributed by atoms with Crippen molar-refractivity contribution in [3.05, 3.63) is 29.8 Å². The minimum absolute atomic E-state index is 0.0308. The average molecular weight is 253 g/mol.